The van der Waals surface area contributed by atoms with E-state index in [-0.39, 0.29) is 12.2 Å². The molecule has 1 aliphatic heterocycles. The van der Waals surface area contributed by atoms with Gasteiger partial charge < -0.3 is 9.64 Å². The summed E-state index contributed by atoms with van der Waals surface area (Å²) >= 11 is 0. The number of nitriles is 1. The number of rotatable bonds is 3. The van der Waals surface area contributed by atoms with E-state index in [9.17, 15) is 9.65 Å². The lowest BCUT2D eigenvalue weighted by Gasteiger charge is -2.35. The molecule has 1 aromatic carbocycles. The van der Waals surface area contributed by atoms with Crippen molar-refractivity contribution in [1.29, 1.82) is 5.26 Å². The second kappa shape index (κ2) is 8.17. The van der Waals surface area contributed by atoms with E-state index in [1.165, 1.54) is 18.2 Å². The molecule has 2 atom stereocenters. The van der Waals surface area contributed by atoms with Gasteiger partial charge in [-0.3, -0.25) is 4.98 Å². The Labute approximate surface area is 175 Å². The molecule has 1 fully saturated rings. The summed E-state index contributed by atoms with van der Waals surface area (Å²) in [5.74, 6) is 0.115. The summed E-state index contributed by atoms with van der Waals surface area (Å²) in [5, 5.41) is 9.61. The Kier molecular flexibility index (Phi) is 5.42. The fourth-order valence-electron chi connectivity index (χ4n) is 3.81. The molecule has 6 nitrogen and oxygen atoms in total. The Morgan fingerprint density at radius 1 is 1.10 bits per heavy atom. The van der Waals surface area contributed by atoms with Gasteiger partial charge in [-0.1, -0.05) is 0 Å². The maximum atomic E-state index is 14.1. The predicted octanol–water partition coefficient (Wildman–Crippen LogP) is 4.14. The van der Waals surface area contributed by atoms with E-state index in [1.54, 1.807) is 12.4 Å². The molecule has 3 aromatic rings. The van der Waals surface area contributed by atoms with Crippen LogP contribution in [0.15, 0.2) is 42.7 Å². The summed E-state index contributed by atoms with van der Waals surface area (Å²) in [5.41, 5.74) is 3.75. The average Bonchev–Trinajstić information content (AvgIpc) is 2.72. The lowest BCUT2D eigenvalue weighted by Crippen LogP contribution is -2.46. The predicted molar refractivity (Wildman–Crippen MR) is 112 cm³/mol. The van der Waals surface area contributed by atoms with Crippen molar-refractivity contribution in [3.05, 3.63) is 59.8 Å². The number of hydrogen-bond donors (Lipinski definition) is 0. The van der Waals surface area contributed by atoms with Crippen LogP contribution in [0.4, 0.5) is 10.3 Å². The number of halogens is 1. The lowest BCUT2D eigenvalue weighted by atomic mass is 9.97. The molecular formula is C23H22FN5O. The molecular weight excluding hydrogens is 381 g/mol. The van der Waals surface area contributed by atoms with Gasteiger partial charge in [0.05, 0.1) is 29.5 Å². The second-order valence-electron chi connectivity index (χ2n) is 7.58. The van der Waals surface area contributed by atoms with Gasteiger partial charge in [-0.15, -0.1) is 0 Å². The second-order valence-corrected chi connectivity index (χ2v) is 7.58. The fraction of sp³-hybridized carbons (Fsp3) is 0.304. The van der Waals surface area contributed by atoms with Crippen molar-refractivity contribution in [1.82, 2.24) is 15.0 Å². The van der Waals surface area contributed by atoms with Crippen LogP contribution in [0.5, 0.6) is 0 Å². The molecule has 7 heteroatoms. The quantitative estimate of drug-likeness (QED) is 0.654. The minimum atomic E-state index is -0.422. The third-order valence-electron chi connectivity index (χ3n) is 5.04. The standard InChI is InChI=1S/C23H22FN5O/c1-14-8-17(6-7-26-14)21-11-27-23(29-12-15(2)30-16(3)13-29)28-22(21)20-9-19(24)5-4-18(20)10-25/h4-9,11,15-16H,12-13H2,1-3H3. The molecule has 1 saturated heterocycles. The van der Waals surface area contributed by atoms with Gasteiger partial charge in [-0.25, -0.2) is 14.4 Å². The maximum Gasteiger partial charge on any atom is 0.226 e. The van der Waals surface area contributed by atoms with Crippen molar-refractivity contribution in [3.8, 4) is 28.5 Å². The molecule has 0 saturated carbocycles. The summed E-state index contributed by atoms with van der Waals surface area (Å²) in [6.45, 7) is 7.24. The highest BCUT2D eigenvalue weighted by atomic mass is 19.1. The number of benzene rings is 1. The molecule has 4 rings (SSSR count). The van der Waals surface area contributed by atoms with Crippen LogP contribution in [-0.2, 0) is 4.74 Å². The monoisotopic (exact) mass is 403 g/mol. The van der Waals surface area contributed by atoms with Crippen molar-refractivity contribution in [2.75, 3.05) is 18.0 Å². The van der Waals surface area contributed by atoms with E-state index >= 15 is 0 Å². The Bertz CT molecular complexity index is 1120. The number of aryl methyl sites for hydroxylation is 1. The Morgan fingerprint density at radius 2 is 1.87 bits per heavy atom. The Hall–Kier alpha value is -3.37. The summed E-state index contributed by atoms with van der Waals surface area (Å²) in [6.07, 6.45) is 3.55. The van der Waals surface area contributed by atoms with Gasteiger partial charge in [0.15, 0.2) is 0 Å². The molecule has 0 N–H and O–H groups in total. The first-order valence-electron chi connectivity index (χ1n) is 9.85. The highest BCUT2D eigenvalue weighted by Crippen LogP contribution is 2.34. The van der Waals surface area contributed by atoms with E-state index < -0.39 is 5.82 Å². The van der Waals surface area contributed by atoms with Gasteiger partial charge in [0.2, 0.25) is 5.95 Å². The van der Waals surface area contributed by atoms with Gasteiger partial charge in [-0.05, 0) is 56.7 Å². The SMILES string of the molecule is Cc1cc(-c2cnc(N3CC(C)OC(C)C3)nc2-c2cc(F)ccc2C#N)ccn1. The third kappa shape index (κ3) is 4.00. The minimum Gasteiger partial charge on any atom is -0.372 e. The zero-order chi connectivity index (χ0) is 21.3. The van der Waals surface area contributed by atoms with Crippen molar-refractivity contribution in [2.45, 2.75) is 33.0 Å². The molecule has 0 spiro atoms. The first kappa shape index (κ1) is 19.9. The molecule has 0 radical (unpaired) electrons. The van der Waals surface area contributed by atoms with Crippen LogP contribution in [-0.4, -0.2) is 40.2 Å². The van der Waals surface area contributed by atoms with Gasteiger partial charge in [0.1, 0.15) is 5.82 Å². The highest BCUT2D eigenvalue weighted by molar-refractivity contribution is 5.83. The molecule has 0 amide bonds. The van der Waals surface area contributed by atoms with E-state index in [0.29, 0.717) is 35.9 Å². The van der Waals surface area contributed by atoms with E-state index in [1.807, 2.05) is 32.9 Å². The summed E-state index contributed by atoms with van der Waals surface area (Å²) < 4.78 is 19.9. The smallest absolute Gasteiger partial charge is 0.226 e. The third-order valence-corrected chi connectivity index (χ3v) is 5.04. The summed E-state index contributed by atoms with van der Waals surface area (Å²) in [6, 6.07) is 10.1. The zero-order valence-electron chi connectivity index (χ0n) is 17.1. The van der Waals surface area contributed by atoms with Crippen LogP contribution in [0.25, 0.3) is 22.4 Å². The molecule has 1 aliphatic rings. The van der Waals surface area contributed by atoms with Gasteiger partial charge in [-0.2, -0.15) is 5.26 Å². The fourth-order valence-corrected chi connectivity index (χ4v) is 3.81. The first-order valence-corrected chi connectivity index (χ1v) is 9.85. The van der Waals surface area contributed by atoms with Gasteiger partial charge >= 0.3 is 0 Å². The first-order chi connectivity index (χ1) is 14.4. The molecule has 0 aliphatic carbocycles. The molecule has 2 unspecified atom stereocenters. The van der Waals surface area contributed by atoms with Crippen molar-refractivity contribution in [2.24, 2.45) is 0 Å². The normalized spacial score (nSPS) is 18.8. The molecule has 0 bridgehead atoms. The zero-order valence-corrected chi connectivity index (χ0v) is 17.1. The van der Waals surface area contributed by atoms with Crippen LogP contribution >= 0.6 is 0 Å². The molecule has 152 valence electrons. The van der Waals surface area contributed by atoms with Crippen LogP contribution in [0.2, 0.25) is 0 Å². The van der Waals surface area contributed by atoms with E-state index in [2.05, 4.69) is 20.9 Å². The van der Waals surface area contributed by atoms with Crippen molar-refractivity contribution < 1.29 is 9.13 Å². The van der Waals surface area contributed by atoms with Crippen molar-refractivity contribution >= 4 is 5.95 Å². The maximum absolute atomic E-state index is 14.1. The number of anilines is 1. The lowest BCUT2D eigenvalue weighted by molar-refractivity contribution is -0.00571. The largest absolute Gasteiger partial charge is 0.372 e. The topological polar surface area (TPSA) is 74.9 Å². The van der Waals surface area contributed by atoms with Crippen LogP contribution in [0.3, 0.4) is 0 Å². The van der Waals surface area contributed by atoms with Crippen LogP contribution < -0.4 is 4.90 Å². The number of pyridine rings is 1. The van der Waals surface area contributed by atoms with Crippen LogP contribution in [0.1, 0.15) is 25.1 Å². The summed E-state index contributed by atoms with van der Waals surface area (Å²) in [4.78, 5) is 15.7. The number of morpholine rings is 1. The van der Waals surface area contributed by atoms with Gasteiger partial charge in [0, 0.05) is 42.3 Å². The number of aromatic nitrogens is 3. The molecule has 2 aromatic heterocycles. The number of nitrogens with zero attached hydrogens (tertiary/aromatic N) is 5. The van der Waals surface area contributed by atoms with Gasteiger partial charge in [0.25, 0.3) is 0 Å². The number of hydrogen-bond acceptors (Lipinski definition) is 6. The van der Waals surface area contributed by atoms with E-state index in [4.69, 9.17) is 9.72 Å². The Morgan fingerprint density at radius 3 is 2.57 bits per heavy atom. The summed E-state index contributed by atoms with van der Waals surface area (Å²) in [7, 11) is 0. The van der Waals surface area contributed by atoms with Crippen molar-refractivity contribution in [3.63, 3.8) is 0 Å². The number of ether oxygens (including phenoxy) is 1. The average molecular weight is 403 g/mol. The molecule has 3 heterocycles. The Balaban J connectivity index is 1.90. The highest BCUT2D eigenvalue weighted by Gasteiger charge is 2.25. The van der Waals surface area contributed by atoms with E-state index in [0.717, 1.165) is 16.8 Å². The molecule has 30 heavy (non-hydrogen) atoms. The van der Waals surface area contributed by atoms with Crippen LogP contribution in [0, 0.1) is 24.1 Å². The minimum absolute atomic E-state index is 0.0483.